The lowest BCUT2D eigenvalue weighted by atomic mass is 10.1. The maximum atomic E-state index is 12.9. The van der Waals surface area contributed by atoms with E-state index in [9.17, 15) is 18.0 Å². The van der Waals surface area contributed by atoms with Crippen molar-refractivity contribution in [3.63, 3.8) is 0 Å². The number of esters is 1. The Hall–Kier alpha value is -3.57. The number of aromatic nitrogens is 3. The maximum Gasteiger partial charge on any atom is 0.360 e. The molecule has 1 atom stereocenters. The number of amides is 1. The number of hydrogen-bond acceptors (Lipinski definition) is 7. The first-order chi connectivity index (χ1) is 16.3. The molecule has 10 nitrogen and oxygen atoms in total. The third kappa shape index (κ3) is 6.96. The Labute approximate surface area is 198 Å². The molecular weight excluding hydrogens is 458 g/mol. The first-order valence-corrected chi connectivity index (χ1v) is 12.2. The van der Waals surface area contributed by atoms with Crippen LogP contribution in [0.2, 0.25) is 0 Å². The van der Waals surface area contributed by atoms with Crippen molar-refractivity contribution >= 4 is 21.9 Å². The highest BCUT2D eigenvalue weighted by atomic mass is 32.2. The van der Waals surface area contributed by atoms with Crippen LogP contribution in [0.1, 0.15) is 28.0 Å². The molecule has 0 fully saturated rings. The Morgan fingerprint density at radius 3 is 2.47 bits per heavy atom. The van der Waals surface area contributed by atoms with E-state index in [1.54, 1.807) is 12.1 Å². The van der Waals surface area contributed by atoms with E-state index in [1.165, 1.54) is 30.1 Å². The molecule has 0 radical (unpaired) electrons. The van der Waals surface area contributed by atoms with Gasteiger partial charge in [-0.1, -0.05) is 53.2 Å². The van der Waals surface area contributed by atoms with Gasteiger partial charge in [-0.25, -0.2) is 13.2 Å². The molecule has 34 heavy (non-hydrogen) atoms. The van der Waals surface area contributed by atoms with Crippen molar-refractivity contribution in [3.05, 3.63) is 77.6 Å². The first kappa shape index (κ1) is 25.1. The van der Waals surface area contributed by atoms with Crippen molar-refractivity contribution in [3.8, 4) is 0 Å². The molecule has 3 aromatic rings. The number of nitrogens with zero attached hydrogens (tertiary/aromatic N) is 3. The summed E-state index contributed by atoms with van der Waals surface area (Å²) < 4.78 is 34.4. The molecular formula is C23H27N5O5S. The van der Waals surface area contributed by atoms with Crippen LogP contribution in [-0.4, -0.2) is 55.0 Å². The predicted octanol–water partition coefficient (Wildman–Crippen LogP) is 1.47. The highest BCUT2D eigenvalue weighted by Crippen LogP contribution is 2.12. The molecule has 0 unspecified atom stereocenters. The van der Waals surface area contributed by atoms with Gasteiger partial charge in [-0.2, -0.15) is 4.72 Å². The molecule has 11 heteroatoms. The van der Waals surface area contributed by atoms with Crippen LogP contribution < -0.4 is 10.0 Å². The van der Waals surface area contributed by atoms with Crippen molar-refractivity contribution in [2.75, 3.05) is 13.7 Å². The lowest BCUT2D eigenvalue weighted by Gasteiger charge is -2.19. The molecule has 1 amide bonds. The van der Waals surface area contributed by atoms with Gasteiger partial charge in [-0.3, -0.25) is 9.48 Å². The molecule has 3 rings (SSSR count). The molecule has 2 N–H and O–H groups in total. The second-order valence-electron chi connectivity index (χ2n) is 7.68. The monoisotopic (exact) mass is 485 g/mol. The van der Waals surface area contributed by atoms with Gasteiger partial charge >= 0.3 is 5.97 Å². The molecule has 0 aliphatic rings. The normalized spacial score (nSPS) is 12.2. The summed E-state index contributed by atoms with van der Waals surface area (Å²) in [5.74, 6) is -1.02. The Balaban J connectivity index is 1.63. The zero-order valence-electron chi connectivity index (χ0n) is 19.0. The fraction of sp³-hybridized carbons (Fsp3) is 0.304. The Bertz CT molecular complexity index is 1210. The molecule has 1 aromatic heterocycles. The van der Waals surface area contributed by atoms with Gasteiger partial charge in [0.15, 0.2) is 5.69 Å². The fourth-order valence-electron chi connectivity index (χ4n) is 3.19. The molecule has 1 heterocycles. The van der Waals surface area contributed by atoms with Gasteiger partial charge in [0, 0.05) is 13.1 Å². The molecule has 0 saturated carbocycles. The van der Waals surface area contributed by atoms with Gasteiger partial charge in [0.1, 0.15) is 6.04 Å². The summed E-state index contributed by atoms with van der Waals surface area (Å²) in [5, 5.41) is 10.3. The van der Waals surface area contributed by atoms with Crippen LogP contribution in [0.15, 0.2) is 65.7 Å². The maximum absolute atomic E-state index is 12.9. The van der Waals surface area contributed by atoms with E-state index in [2.05, 4.69) is 25.1 Å². The van der Waals surface area contributed by atoms with E-state index in [-0.39, 0.29) is 23.6 Å². The van der Waals surface area contributed by atoms with Crippen LogP contribution in [0.25, 0.3) is 0 Å². The number of ether oxygens (including phenoxy) is 1. The lowest BCUT2D eigenvalue weighted by molar-refractivity contribution is -0.122. The van der Waals surface area contributed by atoms with Gasteiger partial charge in [-0.05, 0) is 37.5 Å². The molecule has 0 spiro atoms. The van der Waals surface area contributed by atoms with Crippen molar-refractivity contribution in [1.82, 2.24) is 25.0 Å². The van der Waals surface area contributed by atoms with Crippen LogP contribution in [-0.2, 0) is 32.5 Å². The summed E-state index contributed by atoms with van der Waals surface area (Å²) >= 11 is 0. The molecule has 2 aromatic carbocycles. The highest BCUT2D eigenvalue weighted by molar-refractivity contribution is 7.89. The average molecular weight is 486 g/mol. The molecule has 0 saturated heterocycles. The predicted molar refractivity (Wildman–Crippen MR) is 124 cm³/mol. The molecule has 0 bridgehead atoms. The van der Waals surface area contributed by atoms with Crippen LogP contribution >= 0.6 is 0 Å². The minimum absolute atomic E-state index is 0.0940. The summed E-state index contributed by atoms with van der Waals surface area (Å²) in [4.78, 5) is 24.5. The average Bonchev–Trinajstić information content (AvgIpc) is 3.30. The number of carbonyl (C=O) groups excluding carboxylic acids is 2. The van der Waals surface area contributed by atoms with E-state index in [1.807, 2.05) is 37.3 Å². The lowest BCUT2D eigenvalue weighted by Crippen LogP contribution is -2.48. The number of sulfonamides is 1. The van der Waals surface area contributed by atoms with E-state index in [4.69, 9.17) is 0 Å². The summed E-state index contributed by atoms with van der Waals surface area (Å²) in [6.45, 7) is 2.55. The Kier molecular flexibility index (Phi) is 8.50. The number of rotatable bonds is 11. The quantitative estimate of drug-likeness (QED) is 0.310. The van der Waals surface area contributed by atoms with Gasteiger partial charge < -0.3 is 10.1 Å². The number of benzene rings is 2. The van der Waals surface area contributed by atoms with Crippen LogP contribution in [0.4, 0.5) is 0 Å². The number of hydrogen-bond donors (Lipinski definition) is 2. The third-order valence-electron chi connectivity index (χ3n) is 5.02. The van der Waals surface area contributed by atoms with Crippen molar-refractivity contribution in [2.45, 2.75) is 37.2 Å². The summed E-state index contributed by atoms with van der Waals surface area (Å²) in [7, 11) is -2.64. The summed E-state index contributed by atoms with van der Waals surface area (Å²) in [6, 6.07) is 14.6. The van der Waals surface area contributed by atoms with E-state index in [0.29, 0.717) is 13.0 Å². The van der Waals surface area contributed by atoms with Gasteiger partial charge in [0.05, 0.1) is 18.2 Å². The fourth-order valence-corrected chi connectivity index (χ4v) is 4.39. The van der Waals surface area contributed by atoms with Crippen molar-refractivity contribution < 1.29 is 22.7 Å². The van der Waals surface area contributed by atoms with Gasteiger partial charge in [0.25, 0.3) is 0 Å². The van der Waals surface area contributed by atoms with Crippen molar-refractivity contribution in [2.24, 2.45) is 0 Å². The van der Waals surface area contributed by atoms with E-state index >= 15 is 0 Å². The summed E-state index contributed by atoms with van der Waals surface area (Å²) in [5.41, 5.74) is 1.86. The zero-order valence-corrected chi connectivity index (χ0v) is 19.8. The van der Waals surface area contributed by atoms with Crippen LogP contribution in [0, 0.1) is 6.92 Å². The van der Waals surface area contributed by atoms with Crippen molar-refractivity contribution in [1.29, 1.82) is 0 Å². The Morgan fingerprint density at radius 2 is 1.79 bits per heavy atom. The standard InChI is InChI=1S/C23H27N5O5S/c1-17-9-11-19(12-10-17)34(31,32)26-20(15-18-7-4-3-5-8-18)22(29)24-13-6-14-28-16-21(25-27-28)23(30)33-2/h3-5,7-12,16,20,26H,6,13-15H2,1-2H3,(H,24,29)/t20-/m0/s1. The molecule has 0 aliphatic carbocycles. The van der Waals surface area contributed by atoms with E-state index in [0.717, 1.165) is 11.1 Å². The second kappa shape index (κ2) is 11.5. The first-order valence-electron chi connectivity index (χ1n) is 10.7. The SMILES string of the molecule is COC(=O)c1cn(CCCNC(=O)[C@H](Cc2ccccc2)NS(=O)(=O)c2ccc(C)cc2)nn1. The molecule has 180 valence electrons. The minimum Gasteiger partial charge on any atom is -0.464 e. The number of nitrogens with one attached hydrogen (secondary N) is 2. The Morgan fingerprint density at radius 1 is 1.09 bits per heavy atom. The van der Waals surface area contributed by atoms with E-state index < -0.39 is 27.9 Å². The minimum atomic E-state index is -3.90. The summed E-state index contributed by atoms with van der Waals surface area (Å²) in [6.07, 6.45) is 2.16. The van der Waals surface area contributed by atoms with Crippen LogP contribution in [0.3, 0.4) is 0 Å². The van der Waals surface area contributed by atoms with Gasteiger partial charge in [0.2, 0.25) is 15.9 Å². The molecule has 0 aliphatic heterocycles. The number of carbonyl (C=O) groups is 2. The largest absolute Gasteiger partial charge is 0.464 e. The third-order valence-corrected chi connectivity index (χ3v) is 6.51. The number of methoxy groups -OCH3 is 1. The van der Waals surface area contributed by atoms with Crippen LogP contribution in [0.5, 0.6) is 0 Å². The highest BCUT2D eigenvalue weighted by Gasteiger charge is 2.26. The second-order valence-corrected chi connectivity index (χ2v) is 9.39. The van der Waals surface area contributed by atoms with Gasteiger partial charge in [-0.15, -0.1) is 5.10 Å². The topological polar surface area (TPSA) is 132 Å². The number of aryl methyl sites for hydroxylation is 2. The zero-order chi connectivity index (χ0) is 24.6. The smallest absolute Gasteiger partial charge is 0.360 e.